The molecule has 1 aliphatic heterocycles. The van der Waals surface area contributed by atoms with E-state index in [0.717, 1.165) is 61.8 Å². The molecular formula is C61H38N2O2. The molecule has 65 heavy (non-hydrogen) atoms. The fraction of sp³-hybridized carbons (Fsp3) is 0.0164. The third-order valence-corrected chi connectivity index (χ3v) is 13.9. The highest BCUT2D eigenvalue weighted by Crippen LogP contribution is 2.67. The molecule has 304 valence electrons. The van der Waals surface area contributed by atoms with Crippen LogP contribution < -0.4 is 14.4 Å². The van der Waals surface area contributed by atoms with Crippen LogP contribution in [-0.2, 0) is 5.41 Å². The number of benzene rings is 10. The van der Waals surface area contributed by atoms with Crippen molar-refractivity contribution in [3.8, 4) is 62.1 Å². The monoisotopic (exact) mass is 830 g/mol. The third kappa shape index (κ3) is 4.96. The quantitative estimate of drug-likeness (QED) is 0.173. The summed E-state index contributed by atoms with van der Waals surface area (Å²) in [5.74, 6) is 2.74. The van der Waals surface area contributed by atoms with Crippen molar-refractivity contribution in [3.63, 3.8) is 0 Å². The minimum absolute atomic E-state index is 0.488. The van der Waals surface area contributed by atoms with E-state index in [1.165, 1.54) is 44.2 Å². The van der Waals surface area contributed by atoms with E-state index >= 15 is 0 Å². The molecule has 4 nitrogen and oxygen atoms in total. The molecule has 3 aliphatic rings. The maximum atomic E-state index is 7.27. The van der Waals surface area contributed by atoms with E-state index in [0.29, 0.717) is 17.2 Å². The van der Waals surface area contributed by atoms with Gasteiger partial charge in [-0.2, -0.15) is 0 Å². The lowest BCUT2D eigenvalue weighted by Crippen LogP contribution is -2.25. The number of hydrogen-bond donors (Lipinski definition) is 0. The van der Waals surface area contributed by atoms with Gasteiger partial charge in [-0.15, -0.1) is 0 Å². The molecule has 14 rings (SSSR count). The molecular weight excluding hydrogens is 793 g/mol. The Labute approximate surface area is 376 Å². The van der Waals surface area contributed by atoms with Gasteiger partial charge in [0.2, 0.25) is 0 Å². The molecule has 0 radical (unpaired) electrons. The molecule has 1 spiro atoms. The van der Waals surface area contributed by atoms with E-state index in [1.54, 1.807) is 0 Å². The van der Waals surface area contributed by atoms with Gasteiger partial charge in [0.1, 0.15) is 0 Å². The molecule has 0 N–H and O–H groups in total. The fourth-order valence-electron chi connectivity index (χ4n) is 11.3. The first-order valence-electron chi connectivity index (χ1n) is 22.3. The van der Waals surface area contributed by atoms with Crippen LogP contribution in [0.2, 0.25) is 0 Å². The summed E-state index contributed by atoms with van der Waals surface area (Å²) >= 11 is 0. The normalized spacial score (nSPS) is 13.3. The van der Waals surface area contributed by atoms with Gasteiger partial charge in [0, 0.05) is 33.3 Å². The predicted molar refractivity (Wildman–Crippen MR) is 264 cm³/mol. The van der Waals surface area contributed by atoms with Crippen LogP contribution in [0, 0.1) is 0 Å². The number of para-hydroxylation sites is 4. The first-order chi connectivity index (χ1) is 32.3. The Hall–Kier alpha value is -8.60. The summed E-state index contributed by atoms with van der Waals surface area (Å²) in [5.41, 5.74) is 17.8. The van der Waals surface area contributed by atoms with Crippen LogP contribution in [0.25, 0.3) is 60.9 Å². The summed E-state index contributed by atoms with van der Waals surface area (Å²) in [6, 6.07) is 82.7. The lowest BCUT2D eigenvalue weighted by molar-refractivity contribution is 0.361. The standard InChI is InChI=1S/C61H38N2O2/c1-3-18-39(19-4-1)42-22-10-15-30-52(42)63(41-34-35-46-45-25-11-16-31-53(45)62(55(46)38-41)40-20-5-2-6-21-40)54-32-17-33-56-59(54)64-57-37-36-51-58(60(57)65-56)47-26-9-14-29-50(47)61(51)48-27-12-7-23-43(48)44-24-8-13-28-49(44)61/h1-38H. The number of fused-ring (bicyclic) bond motifs is 16. The Morgan fingerprint density at radius 2 is 0.938 bits per heavy atom. The van der Waals surface area contributed by atoms with Crippen molar-refractivity contribution >= 4 is 38.9 Å². The Morgan fingerprint density at radius 1 is 0.369 bits per heavy atom. The molecule has 2 aliphatic carbocycles. The minimum atomic E-state index is -0.488. The van der Waals surface area contributed by atoms with E-state index < -0.39 is 5.41 Å². The Balaban J connectivity index is 0.983. The lowest BCUT2D eigenvalue weighted by atomic mass is 9.70. The molecule has 0 amide bonds. The topological polar surface area (TPSA) is 26.6 Å². The summed E-state index contributed by atoms with van der Waals surface area (Å²) in [7, 11) is 0. The van der Waals surface area contributed by atoms with E-state index in [4.69, 9.17) is 9.47 Å². The summed E-state index contributed by atoms with van der Waals surface area (Å²) in [6.07, 6.45) is 0. The van der Waals surface area contributed by atoms with Crippen molar-refractivity contribution in [1.82, 2.24) is 4.57 Å². The van der Waals surface area contributed by atoms with Crippen LogP contribution in [0.3, 0.4) is 0 Å². The van der Waals surface area contributed by atoms with Crippen LogP contribution >= 0.6 is 0 Å². The molecule has 10 aromatic carbocycles. The van der Waals surface area contributed by atoms with Gasteiger partial charge in [0.25, 0.3) is 0 Å². The van der Waals surface area contributed by atoms with Gasteiger partial charge in [-0.25, -0.2) is 0 Å². The fourth-order valence-corrected chi connectivity index (χ4v) is 11.3. The number of hydrogen-bond acceptors (Lipinski definition) is 3. The zero-order valence-corrected chi connectivity index (χ0v) is 35.2. The van der Waals surface area contributed by atoms with Gasteiger partial charge in [-0.3, -0.25) is 0 Å². The highest BCUT2D eigenvalue weighted by molar-refractivity contribution is 6.11. The molecule has 0 saturated carbocycles. The van der Waals surface area contributed by atoms with Gasteiger partial charge in [0.15, 0.2) is 23.0 Å². The van der Waals surface area contributed by atoms with Crippen LogP contribution in [0.4, 0.5) is 17.1 Å². The number of rotatable bonds is 5. The van der Waals surface area contributed by atoms with Gasteiger partial charge < -0.3 is 18.9 Å². The van der Waals surface area contributed by atoms with E-state index in [-0.39, 0.29) is 0 Å². The van der Waals surface area contributed by atoms with Crippen LogP contribution in [-0.4, -0.2) is 4.57 Å². The number of anilines is 3. The van der Waals surface area contributed by atoms with Crippen molar-refractivity contribution < 1.29 is 9.47 Å². The lowest BCUT2D eigenvalue weighted by Gasteiger charge is -2.33. The van der Waals surface area contributed by atoms with Gasteiger partial charge in [-0.05, 0) is 99.1 Å². The molecule has 0 unspecified atom stereocenters. The van der Waals surface area contributed by atoms with E-state index in [1.807, 2.05) is 6.07 Å². The highest BCUT2D eigenvalue weighted by Gasteiger charge is 2.53. The Kier molecular flexibility index (Phi) is 7.57. The second kappa shape index (κ2) is 13.7. The zero-order valence-electron chi connectivity index (χ0n) is 35.2. The van der Waals surface area contributed by atoms with Gasteiger partial charge in [0.05, 0.1) is 27.8 Å². The first kappa shape index (κ1) is 35.9. The van der Waals surface area contributed by atoms with Crippen LogP contribution in [0.15, 0.2) is 231 Å². The first-order valence-corrected chi connectivity index (χ1v) is 22.3. The van der Waals surface area contributed by atoms with Gasteiger partial charge >= 0.3 is 0 Å². The average Bonchev–Trinajstić information content (AvgIpc) is 3.98. The van der Waals surface area contributed by atoms with E-state index in [2.05, 4.69) is 234 Å². The molecule has 2 heterocycles. The molecule has 4 heteroatoms. The number of ether oxygens (including phenoxy) is 2. The second-order valence-electron chi connectivity index (χ2n) is 17.1. The van der Waals surface area contributed by atoms with Crippen molar-refractivity contribution in [3.05, 3.63) is 253 Å². The van der Waals surface area contributed by atoms with Crippen molar-refractivity contribution in [1.29, 1.82) is 0 Å². The smallest absolute Gasteiger partial charge is 0.194 e. The van der Waals surface area contributed by atoms with Crippen molar-refractivity contribution in [2.24, 2.45) is 0 Å². The number of nitrogens with zero attached hydrogens (tertiary/aromatic N) is 2. The van der Waals surface area contributed by atoms with Crippen molar-refractivity contribution in [2.45, 2.75) is 5.41 Å². The Bertz CT molecular complexity index is 3690. The van der Waals surface area contributed by atoms with Crippen LogP contribution in [0.5, 0.6) is 23.0 Å². The molecule has 0 atom stereocenters. The van der Waals surface area contributed by atoms with Gasteiger partial charge in [-0.1, -0.05) is 176 Å². The maximum absolute atomic E-state index is 7.27. The average molecular weight is 831 g/mol. The maximum Gasteiger partial charge on any atom is 0.194 e. The molecule has 1 aromatic heterocycles. The Morgan fingerprint density at radius 3 is 1.71 bits per heavy atom. The highest BCUT2D eigenvalue weighted by atomic mass is 16.6. The number of aromatic nitrogens is 1. The predicted octanol–water partition coefficient (Wildman–Crippen LogP) is 16.2. The molecule has 0 saturated heterocycles. The zero-order chi connectivity index (χ0) is 42.6. The molecule has 0 fully saturated rings. The second-order valence-corrected chi connectivity index (χ2v) is 17.1. The summed E-state index contributed by atoms with van der Waals surface area (Å²) < 4.78 is 16.9. The molecule has 0 bridgehead atoms. The van der Waals surface area contributed by atoms with Crippen molar-refractivity contribution in [2.75, 3.05) is 4.90 Å². The van der Waals surface area contributed by atoms with Crippen LogP contribution in [0.1, 0.15) is 22.3 Å². The minimum Gasteiger partial charge on any atom is -0.449 e. The third-order valence-electron chi connectivity index (χ3n) is 13.9. The summed E-state index contributed by atoms with van der Waals surface area (Å²) in [4.78, 5) is 2.34. The molecule has 11 aromatic rings. The van der Waals surface area contributed by atoms with E-state index in [9.17, 15) is 0 Å². The largest absolute Gasteiger partial charge is 0.449 e. The SMILES string of the molecule is c1ccc(-c2ccccc2N(c2ccc3c4ccccc4n(-c4ccccc4)c3c2)c2cccc3c2Oc2ccc4c(c2O3)-c2ccccc2C42c3ccccc3-c3ccccc32)cc1. The summed E-state index contributed by atoms with van der Waals surface area (Å²) in [6.45, 7) is 0. The summed E-state index contributed by atoms with van der Waals surface area (Å²) in [5, 5.41) is 2.40.